The zero-order valence-electron chi connectivity index (χ0n) is 19.5. The van der Waals surface area contributed by atoms with E-state index in [1.54, 1.807) is 18.2 Å². The van der Waals surface area contributed by atoms with E-state index in [-0.39, 0.29) is 29.1 Å². The number of phenolic OH excluding ortho intramolecular Hbond substituents is 1. The lowest BCUT2D eigenvalue weighted by atomic mass is 10.1. The van der Waals surface area contributed by atoms with Crippen molar-refractivity contribution < 1.29 is 14.6 Å². The first-order valence-electron chi connectivity index (χ1n) is 11.3. The average molecular weight is 534 g/mol. The predicted molar refractivity (Wildman–Crippen MR) is 142 cm³/mol. The summed E-state index contributed by atoms with van der Waals surface area (Å²) in [4.78, 5) is 12.1. The Morgan fingerprint density at radius 2 is 1.94 bits per heavy atom. The van der Waals surface area contributed by atoms with Gasteiger partial charge in [-0.25, -0.2) is 14.8 Å². The molecule has 0 unspecified atom stereocenters. The van der Waals surface area contributed by atoms with Crippen LogP contribution in [0.25, 0.3) is 0 Å². The Morgan fingerprint density at radius 3 is 2.67 bits per heavy atom. The van der Waals surface area contributed by atoms with E-state index in [9.17, 15) is 9.50 Å². The zero-order chi connectivity index (χ0) is 25.7. The van der Waals surface area contributed by atoms with Crippen molar-refractivity contribution in [1.82, 2.24) is 14.9 Å². The van der Waals surface area contributed by atoms with Gasteiger partial charge >= 0.3 is 0 Å². The summed E-state index contributed by atoms with van der Waals surface area (Å²) in [6, 6.07) is 8.81. The van der Waals surface area contributed by atoms with Gasteiger partial charge in [-0.15, -0.1) is 0 Å². The number of hydrazone groups is 1. The number of anilines is 4. The van der Waals surface area contributed by atoms with Crippen LogP contribution in [0.15, 0.2) is 41.6 Å². The molecular weight excluding hydrogens is 508 g/mol. The summed E-state index contributed by atoms with van der Waals surface area (Å²) >= 11 is 12.5. The molecule has 9 nitrogen and oxygen atoms in total. The fraction of sp³-hybridized carbons (Fsp3) is 0.292. The molecule has 4 rings (SSSR count). The summed E-state index contributed by atoms with van der Waals surface area (Å²) in [6.45, 7) is 5.16. The zero-order valence-corrected chi connectivity index (χ0v) is 21.1. The molecule has 0 radical (unpaired) electrons. The van der Waals surface area contributed by atoms with Crippen LogP contribution in [-0.4, -0.2) is 70.6 Å². The second kappa shape index (κ2) is 11.7. The summed E-state index contributed by atoms with van der Waals surface area (Å²) in [6.07, 6.45) is 2.46. The maximum atomic E-state index is 14.4. The number of halogens is 3. The van der Waals surface area contributed by atoms with Gasteiger partial charge in [0.25, 0.3) is 0 Å². The molecule has 1 saturated heterocycles. The minimum atomic E-state index is -0.529. The number of hydrogen-bond donors (Lipinski definition) is 4. The summed E-state index contributed by atoms with van der Waals surface area (Å²) in [7, 11) is 0. The van der Waals surface area contributed by atoms with Crippen LogP contribution in [0.2, 0.25) is 10.0 Å². The fourth-order valence-electron chi connectivity index (χ4n) is 3.84. The Bertz CT molecular complexity index is 1230. The van der Waals surface area contributed by atoms with Gasteiger partial charge in [0, 0.05) is 44.0 Å². The van der Waals surface area contributed by atoms with Crippen molar-refractivity contribution in [2.75, 3.05) is 55.0 Å². The first kappa shape index (κ1) is 25.9. The average Bonchev–Trinajstić information content (AvgIpc) is 2.86. The highest BCUT2D eigenvalue weighted by atomic mass is 35.5. The quantitative estimate of drug-likeness (QED) is 0.193. The lowest BCUT2D eigenvalue weighted by Crippen LogP contribution is -2.47. The molecule has 1 fully saturated rings. The first-order valence-corrected chi connectivity index (χ1v) is 12.1. The lowest BCUT2D eigenvalue weighted by molar-refractivity contribution is 0.188. The molecule has 0 amide bonds. The number of nitrogens with one attached hydrogen (secondary N) is 2. The van der Waals surface area contributed by atoms with Crippen LogP contribution < -0.4 is 15.6 Å². The molecule has 3 aromatic rings. The molecular formula is C24H26Cl2FN7O2. The van der Waals surface area contributed by atoms with E-state index in [1.165, 1.54) is 6.21 Å². The van der Waals surface area contributed by atoms with Gasteiger partial charge in [-0.3, -0.25) is 4.90 Å². The van der Waals surface area contributed by atoms with Crippen molar-refractivity contribution in [2.24, 2.45) is 5.10 Å². The number of aromatic hydroxyl groups is 1. The minimum absolute atomic E-state index is 0.0906. The molecule has 0 bridgehead atoms. The molecule has 1 aromatic heterocycles. The summed E-state index contributed by atoms with van der Waals surface area (Å²) < 4.78 is 14.4. The number of benzene rings is 2. The van der Waals surface area contributed by atoms with Crippen LogP contribution in [0.4, 0.5) is 27.5 Å². The smallest absolute Gasteiger partial charge is 0.245 e. The Labute approximate surface area is 218 Å². The number of aliphatic hydroxyl groups excluding tert-OH is 1. The Kier molecular flexibility index (Phi) is 8.42. The topological polar surface area (TPSA) is 109 Å². The van der Waals surface area contributed by atoms with Gasteiger partial charge in [-0.1, -0.05) is 35.3 Å². The number of aryl methyl sites for hydroxylation is 1. The van der Waals surface area contributed by atoms with E-state index in [0.717, 1.165) is 17.4 Å². The molecule has 12 heteroatoms. The van der Waals surface area contributed by atoms with Crippen molar-refractivity contribution in [1.29, 1.82) is 0 Å². The van der Waals surface area contributed by atoms with Gasteiger partial charge in [0.15, 0.2) is 11.6 Å². The van der Waals surface area contributed by atoms with Crippen LogP contribution >= 0.6 is 23.2 Å². The van der Waals surface area contributed by atoms with E-state index in [2.05, 4.69) is 30.7 Å². The van der Waals surface area contributed by atoms with Gasteiger partial charge in [0.1, 0.15) is 5.75 Å². The van der Waals surface area contributed by atoms with E-state index < -0.39 is 5.82 Å². The number of aliphatic hydroxyl groups is 1. The third kappa shape index (κ3) is 6.14. The second-order valence-electron chi connectivity index (χ2n) is 8.24. The Hall–Kier alpha value is -3.18. The van der Waals surface area contributed by atoms with Crippen molar-refractivity contribution in [2.45, 2.75) is 6.92 Å². The molecule has 0 atom stereocenters. The summed E-state index contributed by atoms with van der Waals surface area (Å²) in [5.41, 5.74) is 5.30. The number of para-hydroxylation sites is 1. The van der Waals surface area contributed by atoms with Crippen molar-refractivity contribution in [3.8, 4) is 5.75 Å². The normalized spacial score (nSPS) is 14.4. The fourth-order valence-corrected chi connectivity index (χ4v) is 4.34. The molecule has 4 N–H and O–H groups in total. The lowest BCUT2D eigenvalue weighted by Gasteiger charge is -2.35. The number of β-amino-alcohol motifs (C(OH)–C–C–N with tert-alkyl or cyclic N) is 1. The molecule has 2 heterocycles. The predicted octanol–water partition coefficient (Wildman–Crippen LogP) is 4.24. The summed E-state index contributed by atoms with van der Waals surface area (Å²) in [5.74, 6) is -0.395. The number of phenols is 1. The maximum Gasteiger partial charge on any atom is 0.245 e. The first-order chi connectivity index (χ1) is 17.4. The third-order valence-corrected chi connectivity index (χ3v) is 6.37. The molecule has 2 aromatic carbocycles. The number of nitrogens with zero attached hydrogens (tertiary/aromatic N) is 5. The van der Waals surface area contributed by atoms with Gasteiger partial charge in [-0.2, -0.15) is 10.1 Å². The number of hydrogen-bond acceptors (Lipinski definition) is 9. The minimum Gasteiger partial charge on any atom is -0.506 e. The van der Waals surface area contributed by atoms with E-state index in [1.807, 2.05) is 24.0 Å². The van der Waals surface area contributed by atoms with Gasteiger partial charge < -0.3 is 20.4 Å². The van der Waals surface area contributed by atoms with Gasteiger partial charge in [-0.05, 0) is 30.7 Å². The van der Waals surface area contributed by atoms with E-state index in [0.29, 0.717) is 49.0 Å². The molecule has 1 aliphatic heterocycles. The third-order valence-electron chi connectivity index (χ3n) is 5.77. The maximum absolute atomic E-state index is 14.4. The molecule has 1 aliphatic rings. The van der Waals surface area contributed by atoms with Crippen LogP contribution in [0.3, 0.4) is 0 Å². The highest BCUT2D eigenvalue weighted by Gasteiger charge is 2.21. The van der Waals surface area contributed by atoms with Crippen LogP contribution in [0, 0.1) is 12.7 Å². The molecule has 36 heavy (non-hydrogen) atoms. The van der Waals surface area contributed by atoms with Crippen molar-refractivity contribution in [3.05, 3.63) is 63.5 Å². The van der Waals surface area contributed by atoms with E-state index >= 15 is 0 Å². The highest BCUT2D eigenvalue weighted by molar-refractivity contribution is 6.34. The second-order valence-corrected chi connectivity index (χ2v) is 9.05. The Balaban J connectivity index is 1.47. The van der Waals surface area contributed by atoms with Crippen LogP contribution in [0.1, 0.15) is 11.1 Å². The van der Waals surface area contributed by atoms with Crippen molar-refractivity contribution >= 4 is 52.6 Å². The Morgan fingerprint density at radius 1 is 1.17 bits per heavy atom. The molecule has 0 saturated carbocycles. The molecule has 190 valence electrons. The molecule has 0 aliphatic carbocycles. The monoisotopic (exact) mass is 533 g/mol. The van der Waals surface area contributed by atoms with Gasteiger partial charge in [0.2, 0.25) is 5.95 Å². The summed E-state index contributed by atoms with van der Waals surface area (Å²) in [5, 5.41) is 27.5. The highest BCUT2D eigenvalue weighted by Crippen LogP contribution is 2.34. The molecule has 0 spiro atoms. The van der Waals surface area contributed by atoms with Crippen molar-refractivity contribution in [3.63, 3.8) is 0 Å². The largest absolute Gasteiger partial charge is 0.506 e. The standard InChI is InChI=1S/C24H26Cl2FN7O2/c1-15-3-2-4-18(25)21(15)30-17-11-16(22(36)19(26)12-17)13-29-32-24-28-14-20(27)23(31-24)34-7-5-33(6-8-34)9-10-35/h2-4,11-14,30,35-36H,5-10H2,1H3,(H,28,31,32)/b29-13+. The number of piperazine rings is 1. The SMILES string of the molecule is Cc1cccc(Cl)c1Nc1cc(Cl)c(O)c(/C=N/Nc2ncc(F)c(N3CCN(CCO)CC3)n2)c1. The van der Waals surface area contributed by atoms with E-state index in [4.69, 9.17) is 28.3 Å². The number of rotatable bonds is 8. The van der Waals surface area contributed by atoms with Crippen LogP contribution in [0.5, 0.6) is 5.75 Å². The van der Waals surface area contributed by atoms with Crippen LogP contribution in [-0.2, 0) is 0 Å². The number of aromatic nitrogens is 2. The van der Waals surface area contributed by atoms with Gasteiger partial charge in [0.05, 0.1) is 34.8 Å².